The molecule has 10 nitrogen and oxygen atoms in total. The van der Waals surface area contributed by atoms with E-state index in [0.29, 0.717) is 22.7 Å². The topological polar surface area (TPSA) is 135 Å². The molecular formula is C23H17F6N5O5S. The summed E-state index contributed by atoms with van der Waals surface area (Å²) in [6.07, 6.45) is -10.1. The number of aromatic nitrogens is 3. The Labute approximate surface area is 221 Å². The molecule has 3 N–H and O–H groups in total. The molecule has 2 heterocycles. The zero-order valence-electron chi connectivity index (χ0n) is 19.8. The van der Waals surface area contributed by atoms with Gasteiger partial charge in [-0.3, -0.25) is 5.32 Å². The molecule has 0 aliphatic heterocycles. The second-order valence-corrected chi connectivity index (χ2v) is 9.77. The smallest absolute Gasteiger partial charge is 0.404 e. The summed E-state index contributed by atoms with van der Waals surface area (Å²) in [7, 11) is -4.01. The van der Waals surface area contributed by atoms with Crippen LogP contribution in [0, 0.1) is 0 Å². The van der Waals surface area contributed by atoms with Gasteiger partial charge in [-0.05, 0) is 36.4 Å². The number of aliphatic hydroxyl groups is 1. The van der Waals surface area contributed by atoms with E-state index in [4.69, 9.17) is 9.84 Å². The third-order valence-electron chi connectivity index (χ3n) is 5.24. The zero-order chi connectivity index (χ0) is 29.3. The fourth-order valence-corrected chi connectivity index (χ4v) is 4.51. The molecule has 1 amide bonds. The summed E-state index contributed by atoms with van der Waals surface area (Å²) in [5.74, 6) is -0.523. The molecule has 0 unspecified atom stereocenters. The third kappa shape index (κ3) is 6.32. The monoisotopic (exact) mass is 589 g/mol. The lowest BCUT2D eigenvalue weighted by atomic mass is 10.1. The van der Waals surface area contributed by atoms with Gasteiger partial charge >= 0.3 is 18.4 Å². The highest BCUT2D eigenvalue weighted by Gasteiger charge is 2.36. The largest absolute Gasteiger partial charge is 0.433 e. The highest BCUT2D eigenvalue weighted by Crippen LogP contribution is 2.35. The van der Waals surface area contributed by atoms with E-state index in [0.717, 1.165) is 24.4 Å². The molecule has 0 aliphatic rings. The summed E-state index contributed by atoms with van der Waals surface area (Å²) < 4.78 is 112. The first-order chi connectivity index (χ1) is 18.7. The molecular weight excluding hydrogens is 572 g/mol. The van der Waals surface area contributed by atoms with Crippen molar-refractivity contribution in [3.8, 4) is 17.0 Å². The van der Waals surface area contributed by atoms with Gasteiger partial charge in [0, 0.05) is 17.8 Å². The van der Waals surface area contributed by atoms with E-state index in [1.54, 1.807) is 0 Å². The van der Waals surface area contributed by atoms with Crippen LogP contribution in [-0.4, -0.2) is 47.4 Å². The van der Waals surface area contributed by atoms with E-state index in [-0.39, 0.29) is 28.4 Å². The molecule has 2 aromatic carbocycles. The number of nitrogens with one attached hydrogen (secondary N) is 2. The molecule has 4 rings (SSSR count). The standard InChI is InChI=1S/C23H17F6N5O5S/c24-22(25,26)14-6-4-13(5-7-14)17-11-19(23(27,28)29)34-20(33-17)18(12-30-34)39-21(36)32-15-2-1-3-16(10-15)40(37,38)31-8-9-35/h1-7,10-12,31,35H,8-9H2,(H,32,36). The van der Waals surface area contributed by atoms with Crippen LogP contribution in [0.3, 0.4) is 0 Å². The Morgan fingerprint density at radius 3 is 2.33 bits per heavy atom. The highest BCUT2D eigenvalue weighted by atomic mass is 32.2. The number of amides is 1. The van der Waals surface area contributed by atoms with Gasteiger partial charge in [0.05, 0.1) is 29.0 Å². The molecule has 17 heteroatoms. The lowest BCUT2D eigenvalue weighted by Gasteiger charge is -2.12. The molecule has 0 saturated carbocycles. The number of ether oxygens (including phenoxy) is 1. The number of carbonyl (C=O) groups excluding carboxylic acids is 1. The number of hydrogen-bond donors (Lipinski definition) is 3. The summed E-state index contributed by atoms with van der Waals surface area (Å²) in [6, 6.07) is 8.74. The summed E-state index contributed by atoms with van der Waals surface area (Å²) in [6.45, 7) is -0.702. The second-order valence-electron chi connectivity index (χ2n) is 8.01. The molecule has 0 bridgehead atoms. The van der Waals surface area contributed by atoms with Crippen LogP contribution in [0.1, 0.15) is 11.3 Å². The number of halogens is 6. The van der Waals surface area contributed by atoms with Crippen LogP contribution in [0.15, 0.2) is 65.7 Å². The lowest BCUT2D eigenvalue weighted by Crippen LogP contribution is -2.26. The summed E-state index contributed by atoms with van der Waals surface area (Å²) in [4.78, 5) is 16.3. The van der Waals surface area contributed by atoms with Crippen LogP contribution in [0.25, 0.3) is 16.9 Å². The third-order valence-corrected chi connectivity index (χ3v) is 6.69. The number of aliphatic hydroxyl groups excluding tert-OH is 1. The maximum atomic E-state index is 13.8. The summed E-state index contributed by atoms with van der Waals surface area (Å²) in [5, 5.41) is 14.6. The minimum Gasteiger partial charge on any atom is -0.404 e. The molecule has 0 spiro atoms. The Morgan fingerprint density at radius 2 is 1.70 bits per heavy atom. The van der Waals surface area contributed by atoms with E-state index < -0.39 is 57.7 Å². The molecule has 0 aliphatic carbocycles. The van der Waals surface area contributed by atoms with Crippen molar-refractivity contribution in [2.75, 3.05) is 18.5 Å². The molecule has 0 radical (unpaired) electrons. The molecule has 0 atom stereocenters. The van der Waals surface area contributed by atoms with Gasteiger partial charge in [-0.2, -0.15) is 31.4 Å². The highest BCUT2D eigenvalue weighted by molar-refractivity contribution is 7.89. The lowest BCUT2D eigenvalue weighted by molar-refractivity contribution is -0.142. The fraction of sp³-hybridized carbons (Fsp3) is 0.174. The number of sulfonamides is 1. The van der Waals surface area contributed by atoms with Gasteiger partial charge in [0.1, 0.15) is 0 Å². The van der Waals surface area contributed by atoms with Crippen LogP contribution < -0.4 is 14.8 Å². The predicted molar refractivity (Wildman–Crippen MR) is 127 cm³/mol. The minimum atomic E-state index is -4.97. The van der Waals surface area contributed by atoms with Gasteiger partial charge in [0.25, 0.3) is 0 Å². The van der Waals surface area contributed by atoms with Gasteiger partial charge < -0.3 is 9.84 Å². The van der Waals surface area contributed by atoms with E-state index in [9.17, 15) is 39.6 Å². The van der Waals surface area contributed by atoms with Crippen LogP contribution >= 0.6 is 0 Å². The summed E-state index contributed by atoms with van der Waals surface area (Å²) >= 11 is 0. The summed E-state index contributed by atoms with van der Waals surface area (Å²) in [5.41, 5.74) is -3.42. The molecule has 40 heavy (non-hydrogen) atoms. The van der Waals surface area contributed by atoms with Gasteiger partial charge in [-0.15, -0.1) is 0 Å². The van der Waals surface area contributed by atoms with E-state index >= 15 is 0 Å². The van der Waals surface area contributed by atoms with Gasteiger partial charge in [0.15, 0.2) is 17.1 Å². The minimum absolute atomic E-state index is 0.0530. The molecule has 4 aromatic rings. The second kappa shape index (κ2) is 10.7. The molecule has 0 saturated heterocycles. The number of anilines is 1. The molecule has 212 valence electrons. The number of carbonyl (C=O) groups is 1. The van der Waals surface area contributed by atoms with E-state index in [1.807, 2.05) is 0 Å². The SMILES string of the molecule is O=C(Nc1cccc(S(=O)(=O)NCCO)c1)Oc1cnn2c(C(F)(F)F)cc(-c3ccc(C(F)(F)F)cc3)nc12. The van der Waals surface area contributed by atoms with Crippen molar-refractivity contribution >= 4 is 27.5 Å². The van der Waals surface area contributed by atoms with Crippen molar-refractivity contribution in [3.63, 3.8) is 0 Å². The number of hydrogen-bond acceptors (Lipinski definition) is 7. The van der Waals surface area contributed by atoms with Crippen molar-refractivity contribution in [2.45, 2.75) is 17.2 Å². The Morgan fingerprint density at radius 1 is 1.00 bits per heavy atom. The van der Waals surface area contributed by atoms with Crippen molar-refractivity contribution in [3.05, 3.63) is 72.1 Å². The Balaban J connectivity index is 1.65. The van der Waals surface area contributed by atoms with Crippen LogP contribution in [0.2, 0.25) is 0 Å². The number of alkyl halides is 6. The number of fused-ring (bicyclic) bond motifs is 1. The predicted octanol–water partition coefficient (Wildman–Crippen LogP) is 4.32. The number of rotatable bonds is 7. The number of benzene rings is 2. The normalized spacial score (nSPS) is 12.5. The van der Waals surface area contributed by atoms with Gasteiger partial charge in [0.2, 0.25) is 10.0 Å². The van der Waals surface area contributed by atoms with Crippen molar-refractivity contribution < 1.29 is 49.4 Å². The maximum Gasteiger partial charge on any atom is 0.433 e. The van der Waals surface area contributed by atoms with Gasteiger partial charge in [-0.1, -0.05) is 18.2 Å². The average Bonchev–Trinajstić information content (AvgIpc) is 3.28. The fourth-order valence-electron chi connectivity index (χ4n) is 3.44. The Kier molecular flexibility index (Phi) is 7.73. The van der Waals surface area contributed by atoms with Crippen LogP contribution in [-0.2, 0) is 22.4 Å². The number of nitrogens with zero attached hydrogens (tertiary/aromatic N) is 3. The average molecular weight is 589 g/mol. The van der Waals surface area contributed by atoms with Gasteiger partial charge in [-0.25, -0.2) is 27.4 Å². The first-order valence-electron chi connectivity index (χ1n) is 11.0. The first kappa shape index (κ1) is 28.8. The van der Waals surface area contributed by atoms with Crippen molar-refractivity contribution in [1.29, 1.82) is 0 Å². The first-order valence-corrected chi connectivity index (χ1v) is 12.5. The van der Waals surface area contributed by atoms with Crippen molar-refractivity contribution in [1.82, 2.24) is 19.3 Å². The maximum absolute atomic E-state index is 13.8. The van der Waals surface area contributed by atoms with Crippen molar-refractivity contribution in [2.24, 2.45) is 0 Å². The van der Waals surface area contributed by atoms with Crippen LogP contribution in [0.5, 0.6) is 5.75 Å². The Hall–Kier alpha value is -4.22. The van der Waals surface area contributed by atoms with E-state index in [2.05, 4.69) is 20.1 Å². The van der Waals surface area contributed by atoms with Crippen LogP contribution in [0.4, 0.5) is 36.8 Å². The zero-order valence-corrected chi connectivity index (χ0v) is 20.6. The quantitative estimate of drug-likeness (QED) is 0.274. The van der Waals surface area contributed by atoms with E-state index in [1.165, 1.54) is 18.2 Å². The molecule has 2 aromatic heterocycles. The molecule has 0 fully saturated rings. The Bertz CT molecular complexity index is 1650.